The second-order valence-corrected chi connectivity index (χ2v) is 4.11. The average Bonchev–Trinajstić information content (AvgIpc) is 2.17. The van der Waals surface area contributed by atoms with E-state index in [-0.39, 0.29) is 0 Å². The van der Waals surface area contributed by atoms with Crippen molar-refractivity contribution in [1.82, 2.24) is 4.98 Å². The van der Waals surface area contributed by atoms with Crippen LogP contribution in [0.25, 0.3) is 0 Å². The van der Waals surface area contributed by atoms with Gasteiger partial charge in [0.25, 0.3) is 0 Å². The number of aldehydes is 1. The van der Waals surface area contributed by atoms with Crippen LogP contribution in [0.1, 0.15) is 19.4 Å². The SMILES string of the molecule is CC(C)COc1ncc(CC=O)cc1Cl. The molecule has 0 unspecified atom stereocenters. The minimum atomic E-state index is 0.331. The van der Waals surface area contributed by atoms with Gasteiger partial charge in [0, 0.05) is 12.6 Å². The number of hydrogen-bond donors (Lipinski definition) is 0. The van der Waals surface area contributed by atoms with Crippen molar-refractivity contribution in [2.75, 3.05) is 6.61 Å². The van der Waals surface area contributed by atoms with E-state index in [1.54, 1.807) is 12.3 Å². The van der Waals surface area contributed by atoms with E-state index in [4.69, 9.17) is 16.3 Å². The van der Waals surface area contributed by atoms with E-state index < -0.39 is 0 Å². The number of pyridine rings is 1. The van der Waals surface area contributed by atoms with Crippen molar-refractivity contribution in [3.8, 4) is 5.88 Å². The van der Waals surface area contributed by atoms with Gasteiger partial charge in [-0.05, 0) is 17.5 Å². The first-order chi connectivity index (χ1) is 7.13. The van der Waals surface area contributed by atoms with Gasteiger partial charge in [0.1, 0.15) is 11.3 Å². The molecule has 0 N–H and O–H groups in total. The van der Waals surface area contributed by atoms with E-state index in [0.29, 0.717) is 29.8 Å². The highest BCUT2D eigenvalue weighted by Gasteiger charge is 2.05. The first-order valence-electron chi connectivity index (χ1n) is 4.84. The highest BCUT2D eigenvalue weighted by atomic mass is 35.5. The summed E-state index contributed by atoms with van der Waals surface area (Å²) < 4.78 is 5.40. The molecular weight excluding hydrogens is 214 g/mol. The van der Waals surface area contributed by atoms with Crippen molar-refractivity contribution in [1.29, 1.82) is 0 Å². The molecule has 0 bridgehead atoms. The standard InChI is InChI=1S/C11H14ClNO2/c1-8(2)7-15-11-10(12)5-9(3-4-14)6-13-11/h4-6,8H,3,7H2,1-2H3. The smallest absolute Gasteiger partial charge is 0.232 e. The molecule has 0 amide bonds. The Morgan fingerprint density at radius 2 is 2.33 bits per heavy atom. The Balaban J connectivity index is 2.70. The zero-order valence-corrected chi connectivity index (χ0v) is 9.62. The molecule has 0 aliphatic carbocycles. The molecule has 0 spiro atoms. The number of carbonyl (C=O) groups excluding carboxylic acids is 1. The van der Waals surface area contributed by atoms with Gasteiger partial charge in [0.05, 0.1) is 6.61 Å². The fraction of sp³-hybridized carbons (Fsp3) is 0.455. The molecule has 1 aromatic rings. The molecule has 0 atom stereocenters. The lowest BCUT2D eigenvalue weighted by molar-refractivity contribution is -0.107. The fourth-order valence-electron chi connectivity index (χ4n) is 1.02. The van der Waals surface area contributed by atoms with Crippen molar-refractivity contribution in [2.24, 2.45) is 5.92 Å². The molecular formula is C11H14ClNO2. The van der Waals surface area contributed by atoms with Gasteiger partial charge < -0.3 is 9.53 Å². The maximum absolute atomic E-state index is 10.3. The number of halogens is 1. The third-order valence-corrected chi connectivity index (χ3v) is 2.01. The van der Waals surface area contributed by atoms with Crippen LogP contribution in [0.2, 0.25) is 5.02 Å². The Labute approximate surface area is 94.4 Å². The number of aromatic nitrogens is 1. The van der Waals surface area contributed by atoms with Crippen LogP contribution in [-0.4, -0.2) is 17.9 Å². The predicted molar refractivity (Wildman–Crippen MR) is 59.3 cm³/mol. The Bertz CT molecular complexity index is 339. The van der Waals surface area contributed by atoms with Gasteiger partial charge >= 0.3 is 0 Å². The van der Waals surface area contributed by atoms with Gasteiger partial charge in [0.2, 0.25) is 5.88 Å². The van der Waals surface area contributed by atoms with Crippen LogP contribution in [0.15, 0.2) is 12.3 Å². The number of nitrogens with zero attached hydrogens (tertiary/aromatic N) is 1. The minimum absolute atomic E-state index is 0.331. The van der Waals surface area contributed by atoms with Gasteiger partial charge in [-0.3, -0.25) is 0 Å². The average molecular weight is 228 g/mol. The summed E-state index contributed by atoms with van der Waals surface area (Å²) in [5, 5.41) is 0.454. The predicted octanol–water partition coefficient (Wildman–Crippen LogP) is 2.51. The highest BCUT2D eigenvalue weighted by Crippen LogP contribution is 2.22. The Hall–Kier alpha value is -1.09. The second-order valence-electron chi connectivity index (χ2n) is 3.71. The fourth-order valence-corrected chi connectivity index (χ4v) is 1.27. The Kier molecular flexibility index (Phi) is 4.56. The summed E-state index contributed by atoms with van der Waals surface area (Å²) in [4.78, 5) is 14.3. The number of carbonyl (C=O) groups is 1. The molecule has 4 heteroatoms. The van der Waals surface area contributed by atoms with Crippen LogP contribution in [0.3, 0.4) is 0 Å². The third kappa shape index (κ3) is 3.88. The normalized spacial score (nSPS) is 10.4. The molecule has 0 aromatic carbocycles. The van der Waals surface area contributed by atoms with Gasteiger partial charge in [0.15, 0.2) is 0 Å². The molecule has 3 nitrogen and oxygen atoms in total. The quantitative estimate of drug-likeness (QED) is 0.726. The molecule has 1 heterocycles. The maximum Gasteiger partial charge on any atom is 0.232 e. The topological polar surface area (TPSA) is 39.2 Å². The van der Waals surface area contributed by atoms with E-state index in [1.807, 2.05) is 0 Å². The largest absolute Gasteiger partial charge is 0.476 e. The minimum Gasteiger partial charge on any atom is -0.476 e. The summed E-state index contributed by atoms with van der Waals surface area (Å²) >= 11 is 5.95. The molecule has 0 aliphatic heterocycles. The zero-order chi connectivity index (χ0) is 11.3. The summed E-state index contributed by atoms with van der Waals surface area (Å²) in [7, 11) is 0. The van der Waals surface area contributed by atoms with Crippen LogP contribution in [0, 0.1) is 5.92 Å². The van der Waals surface area contributed by atoms with Crippen LogP contribution >= 0.6 is 11.6 Å². The zero-order valence-electron chi connectivity index (χ0n) is 8.87. The highest BCUT2D eigenvalue weighted by molar-refractivity contribution is 6.31. The molecule has 15 heavy (non-hydrogen) atoms. The number of ether oxygens (including phenoxy) is 1. The second kappa shape index (κ2) is 5.71. The first kappa shape index (κ1) is 12.0. The molecule has 0 saturated heterocycles. The summed E-state index contributed by atoms with van der Waals surface area (Å²) in [5.74, 6) is 0.859. The van der Waals surface area contributed by atoms with Crippen molar-refractivity contribution in [3.63, 3.8) is 0 Å². The van der Waals surface area contributed by atoms with Gasteiger partial charge in [-0.1, -0.05) is 25.4 Å². The van der Waals surface area contributed by atoms with Crippen LogP contribution in [0.4, 0.5) is 0 Å². The maximum atomic E-state index is 10.3. The Morgan fingerprint density at radius 1 is 1.60 bits per heavy atom. The van der Waals surface area contributed by atoms with Gasteiger partial charge in [-0.2, -0.15) is 0 Å². The van der Waals surface area contributed by atoms with E-state index in [0.717, 1.165) is 11.8 Å². The molecule has 0 aliphatic rings. The van der Waals surface area contributed by atoms with Crippen LogP contribution in [-0.2, 0) is 11.2 Å². The van der Waals surface area contributed by atoms with E-state index >= 15 is 0 Å². The Morgan fingerprint density at radius 3 is 2.87 bits per heavy atom. The van der Waals surface area contributed by atoms with Gasteiger partial charge in [-0.25, -0.2) is 4.98 Å². The lowest BCUT2D eigenvalue weighted by Crippen LogP contribution is -2.06. The monoisotopic (exact) mass is 227 g/mol. The molecule has 1 aromatic heterocycles. The van der Waals surface area contributed by atoms with Crippen molar-refractivity contribution < 1.29 is 9.53 Å². The van der Waals surface area contributed by atoms with Crippen molar-refractivity contribution in [2.45, 2.75) is 20.3 Å². The molecule has 82 valence electrons. The molecule has 0 radical (unpaired) electrons. The summed E-state index contributed by atoms with van der Waals surface area (Å²) in [6.07, 6.45) is 2.76. The molecule has 0 fully saturated rings. The van der Waals surface area contributed by atoms with E-state index in [1.165, 1.54) is 0 Å². The van der Waals surface area contributed by atoms with Gasteiger partial charge in [-0.15, -0.1) is 0 Å². The number of rotatable bonds is 5. The van der Waals surface area contributed by atoms with Crippen LogP contribution < -0.4 is 4.74 Å². The molecule has 1 rings (SSSR count). The lowest BCUT2D eigenvalue weighted by Gasteiger charge is -2.09. The number of hydrogen-bond acceptors (Lipinski definition) is 3. The summed E-state index contributed by atoms with van der Waals surface area (Å²) in [5.41, 5.74) is 0.798. The van der Waals surface area contributed by atoms with Crippen LogP contribution in [0.5, 0.6) is 5.88 Å². The van der Waals surface area contributed by atoms with Crippen molar-refractivity contribution >= 4 is 17.9 Å². The molecule has 0 saturated carbocycles. The summed E-state index contributed by atoms with van der Waals surface area (Å²) in [6, 6.07) is 1.71. The van der Waals surface area contributed by atoms with E-state index in [9.17, 15) is 4.79 Å². The van der Waals surface area contributed by atoms with E-state index in [2.05, 4.69) is 18.8 Å². The van der Waals surface area contributed by atoms with Crippen molar-refractivity contribution in [3.05, 3.63) is 22.8 Å². The lowest BCUT2D eigenvalue weighted by atomic mass is 10.2. The first-order valence-corrected chi connectivity index (χ1v) is 5.22. The summed E-state index contributed by atoms with van der Waals surface area (Å²) in [6.45, 7) is 4.68. The third-order valence-electron chi connectivity index (χ3n) is 1.74.